The van der Waals surface area contributed by atoms with Gasteiger partial charge in [0.05, 0.1) is 13.0 Å². The van der Waals surface area contributed by atoms with E-state index < -0.39 is 0 Å². The Bertz CT molecular complexity index is 1050. The number of anilines is 1. The molecule has 4 nitrogen and oxygen atoms in total. The first-order chi connectivity index (χ1) is 15.0. The van der Waals surface area contributed by atoms with Crippen LogP contribution in [0.15, 0.2) is 84.9 Å². The van der Waals surface area contributed by atoms with E-state index in [4.69, 9.17) is 0 Å². The minimum absolute atomic E-state index is 0.0694. The average molecular weight is 416 g/mol. The third kappa shape index (κ3) is 6.64. The molecule has 0 aliphatic heterocycles. The number of likely N-dealkylation sites (N-methyl/N-ethyl adjacent to an activating group) is 1. The van der Waals surface area contributed by atoms with Crippen LogP contribution in [-0.2, 0) is 22.6 Å². The Labute approximate surface area is 182 Å². The van der Waals surface area contributed by atoms with Gasteiger partial charge in [-0.05, 0) is 54.0 Å². The van der Waals surface area contributed by atoms with Crippen LogP contribution in [0.3, 0.4) is 0 Å². The fourth-order valence-electron chi connectivity index (χ4n) is 3.17. The van der Waals surface area contributed by atoms with E-state index >= 15 is 0 Å². The maximum atomic E-state index is 13.3. The van der Waals surface area contributed by atoms with Crippen molar-refractivity contribution in [1.29, 1.82) is 0 Å². The summed E-state index contributed by atoms with van der Waals surface area (Å²) in [5, 5.41) is 2.78. The monoisotopic (exact) mass is 416 g/mol. The van der Waals surface area contributed by atoms with E-state index in [0.29, 0.717) is 12.2 Å². The summed E-state index contributed by atoms with van der Waals surface area (Å²) in [6, 6.07) is 23.0. The molecule has 3 rings (SSSR count). The predicted molar refractivity (Wildman–Crippen MR) is 122 cm³/mol. The highest BCUT2D eigenvalue weighted by Crippen LogP contribution is 2.21. The van der Waals surface area contributed by atoms with Gasteiger partial charge in [-0.15, -0.1) is 0 Å². The van der Waals surface area contributed by atoms with E-state index in [9.17, 15) is 14.0 Å². The second-order valence-electron chi connectivity index (χ2n) is 7.10. The first-order valence-electron chi connectivity index (χ1n) is 10.2. The number of nitrogens with zero attached hydrogens (tertiary/aromatic N) is 1. The number of hydrogen-bond donors (Lipinski definition) is 1. The van der Waals surface area contributed by atoms with E-state index in [-0.39, 0.29) is 30.6 Å². The zero-order valence-electron chi connectivity index (χ0n) is 17.4. The number of carbonyl (C=O) groups excluding carboxylic acids is 2. The Balaban J connectivity index is 1.87. The molecule has 5 heteroatoms. The van der Waals surface area contributed by atoms with Gasteiger partial charge in [-0.3, -0.25) is 9.59 Å². The molecular weight excluding hydrogens is 391 g/mol. The Hall–Kier alpha value is -3.73. The largest absolute Gasteiger partial charge is 0.356 e. The van der Waals surface area contributed by atoms with Gasteiger partial charge in [0.1, 0.15) is 5.82 Å². The van der Waals surface area contributed by atoms with Crippen molar-refractivity contribution >= 4 is 23.6 Å². The number of rotatable bonds is 8. The third-order valence-electron chi connectivity index (χ3n) is 4.70. The first-order valence-corrected chi connectivity index (χ1v) is 10.2. The number of carbonyl (C=O) groups is 2. The van der Waals surface area contributed by atoms with Crippen LogP contribution in [-0.4, -0.2) is 18.4 Å². The van der Waals surface area contributed by atoms with Crippen molar-refractivity contribution < 1.29 is 14.0 Å². The molecule has 2 amide bonds. The van der Waals surface area contributed by atoms with Gasteiger partial charge in [-0.1, -0.05) is 54.6 Å². The highest BCUT2D eigenvalue weighted by atomic mass is 19.1. The Morgan fingerprint density at radius 2 is 1.68 bits per heavy atom. The maximum Gasteiger partial charge on any atom is 0.251 e. The fraction of sp³-hybridized carbons (Fsp3) is 0.154. The van der Waals surface area contributed by atoms with Gasteiger partial charge in [-0.2, -0.15) is 0 Å². The number of benzene rings is 3. The van der Waals surface area contributed by atoms with E-state index in [1.807, 2.05) is 61.5 Å². The average Bonchev–Trinajstić information content (AvgIpc) is 2.78. The number of amides is 2. The number of nitrogens with one attached hydrogen (secondary N) is 1. The zero-order valence-corrected chi connectivity index (χ0v) is 17.4. The Morgan fingerprint density at radius 3 is 2.39 bits per heavy atom. The molecule has 1 N–H and O–H groups in total. The van der Waals surface area contributed by atoms with Crippen LogP contribution in [0.2, 0.25) is 0 Å². The summed E-state index contributed by atoms with van der Waals surface area (Å²) < 4.78 is 13.3. The highest BCUT2D eigenvalue weighted by molar-refractivity contribution is 6.03. The molecule has 0 spiro atoms. The normalized spacial score (nSPS) is 10.8. The van der Waals surface area contributed by atoms with E-state index in [0.717, 1.165) is 16.7 Å². The third-order valence-corrected chi connectivity index (χ3v) is 4.70. The lowest BCUT2D eigenvalue weighted by atomic mass is 10.1. The molecule has 3 aromatic rings. The SMILES string of the molecule is CCNC(=O)Cc1cccc(N(Cc2ccc(F)cc2)C(=O)/C=C/c2ccccc2)c1. The summed E-state index contributed by atoms with van der Waals surface area (Å²) in [4.78, 5) is 26.7. The summed E-state index contributed by atoms with van der Waals surface area (Å²) in [5.74, 6) is -0.599. The molecular formula is C26H25FN2O2. The van der Waals surface area contributed by atoms with Crippen molar-refractivity contribution in [2.45, 2.75) is 19.9 Å². The summed E-state index contributed by atoms with van der Waals surface area (Å²) >= 11 is 0. The van der Waals surface area contributed by atoms with Gasteiger partial charge in [0, 0.05) is 18.3 Å². The summed E-state index contributed by atoms with van der Waals surface area (Å²) in [5.41, 5.74) is 3.21. The van der Waals surface area contributed by atoms with Crippen LogP contribution in [0.1, 0.15) is 23.6 Å². The van der Waals surface area contributed by atoms with Gasteiger partial charge < -0.3 is 10.2 Å². The van der Waals surface area contributed by atoms with Crippen LogP contribution >= 0.6 is 0 Å². The summed E-state index contributed by atoms with van der Waals surface area (Å²) in [7, 11) is 0. The molecule has 0 atom stereocenters. The molecule has 0 aliphatic rings. The number of halogens is 1. The van der Waals surface area contributed by atoms with Crippen LogP contribution < -0.4 is 10.2 Å². The van der Waals surface area contributed by atoms with Gasteiger partial charge in [0.2, 0.25) is 5.91 Å². The molecule has 0 saturated carbocycles. The lowest BCUT2D eigenvalue weighted by molar-refractivity contribution is -0.120. The van der Waals surface area contributed by atoms with Crippen molar-refractivity contribution in [3.8, 4) is 0 Å². The van der Waals surface area contributed by atoms with Crippen molar-refractivity contribution in [3.05, 3.63) is 107 Å². The van der Waals surface area contributed by atoms with Crippen LogP contribution in [0.4, 0.5) is 10.1 Å². The molecule has 0 radical (unpaired) electrons. The minimum Gasteiger partial charge on any atom is -0.356 e. The predicted octanol–water partition coefficient (Wildman–Crippen LogP) is 4.75. The summed E-state index contributed by atoms with van der Waals surface area (Å²) in [6.45, 7) is 2.72. The molecule has 31 heavy (non-hydrogen) atoms. The second kappa shape index (κ2) is 10.9. The molecule has 0 fully saturated rings. The van der Waals surface area contributed by atoms with Crippen LogP contribution in [0, 0.1) is 5.82 Å². The van der Waals surface area contributed by atoms with Crippen molar-refractivity contribution in [3.63, 3.8) is 0 Å². The molecule has 0 bridgehead atoms. The van der Waals surface area contributed by atoms with E-state index in [1.165, 1.54) is 18.2 Å². The van der Waals surface area contributed by atoms with Crippen molar-refractivity contribution in [1.82, 2.24) is 5.32 Å². The molecule has 0 aromatic heterocycles. The van der Waals surface area contributed by atoms with Gasteiger partial charge in [0.25, 0.3) is 5.91 Å². The Morgan fingerprint density at radius 1 is 0.935 bits per heavy atom. The molecule has 158 valence electrons. The lowest BCUT2D eigenvalue weighted by Crippen LogP contribution is -2.29. The number of hydrogen-bond acceptors (Lipinski definition) is 2. The standard InChI is InChI=1S/C26H25FN2O2/c1-2-28-25(30)18-22-9-6-10-24(17-22)29(19-21-11-14-23(27)15-12-21)26(31)16-13-20-7-4-3-5-8-20/h3-17H,2,18-19H2,1H3,(H,28,30)/b16-13+. The van der Waals surface area contributed by atoms with E-state index in [2.05, 4.69) is 5.32 Å². The van der Waals surface area contributed by atoms with E-state index in [1.54, 1.807) is 23.1 Å². The molecule has 0 heterocycles. The minimum atomic E-state index is -0.325. The highest BCUT2D eigenvalue weighted by Gasteiger charge is 2.15. The molecule has 0 saturated heterocycles. The fourth-order valence-corrected chi connectivity index (χ4v) is 3.17. The molecule has 3 aromatic carbocycles. The lowest BCUT2D eigenvalue weighted by Gasteiger charge is -2.22. The van der Waals surface area contributed by atoms with Crippen molar-refractivity contribution in [2.75, 3.05) is 11.4 Å². The quantitative estimate of drug-likeness (QED) is 0.539. The second-order valence-corrected chi connectivity index (χ2v) is 7.10. The van der Waals surface area contributed by atoms with Gasteiger partial charge in [-0.25, -0.2) is 4.39 Å². The van der Waals surface area contributed by atoms with Crippen LogP contribution in [0.25, 0.3) is 6.08 Å². The first kappa shape index (κ1) is 22.0. The maximum absolute atomic E-state index is 13.3. The Kier molecular flexibility index (Phi) is 7.71. The molecule has 0 aliphatic carbocycles. The van der Waals surface area contributed by atoms with Crippen LogP contribution in [0.5, 0.6) is 0 Å². The molecule has 0 unspecified atom stereocenters. The smallest absolute Gasteiger partial charge is 0.251 e. The summed E-state index contributed by atoms with van der Waals surface area (Å²) in [6.07, 6.45) is 3.52. The van der Waals surface area contributed by atoms with Crippen molar-refractivity contribution in [2.24, 2.45) is 0 Å². The van der Waals surface area contributed by atoms with Gasteiger partial charge >= 0.3 is 0 Å². The topological polar surface area (TPSA) is 49.4 Å². The zero-order chi connectivity index (χ0) is 22.1. The van der Waals surface area contributed by atoms with Gasteiger partial charge in [0.15, 0.2) is 0 Å².